The van der Waals surface area contributed by atoms with Crippen molar-refractivity contribution in [3.8, 4) is 0 Å². The van der Waals surface area contributed by atoms with Crippen LogP contribution in [0.4, 0.5) is 0 Å². The molecule has 0 spiro atoms. The van der Waals surface area contributed by atoms with Gasteiger partial charge in [0.2, 0.25) is 0 Å². The largest absolute Gasteiger partial charge is 0.396 e. The first kappa shape index (κ1) is 9.80. The molecule has 0 rings (SSSR count). The molecule has 0 radical (unpaired) electrons. The van der Waals surface area contributed by atoms with Crippen LogP contribution in [-0.4, -0.2) is 51.6 Å². The van der Waals surface area contributed by atoms with E-state index in [0.717, 1.165) is 4.90 Å². The summed E-state index contributed by atoms with van der Waals surface area (Å²) in [5, 5.41) is 34.2. The Kier molecular flexibility index (Phi) is 5.46. The van der Waals surface area contributed by atoms with E-state index in [1.165, 1.54) is 0 Å². The summed E-state index contributed by atoms with van der Waals surface area (Å²) in [6.45, 7) is -1.01. The molecule has 1 unspecified atom stereocenters. The maximum Gasteiger partial charge on any atom is 0.113 e. The molecule has 0 heterocycles. The Morgan fingerprint density at radius 2 is 1.60 bits per heavy atom. The average Bonchev–Trinajstić information content (AvgIpc) is 1.91. The lowest BCUT2D eigenvalue weighted by Crippen LogP contribution is -2.37. The zero-order valence-electron chi connectivity index (χ0n) is 5.64. The van der Waals surface area contributed by atoms with Crippen molar-refractivity contribution >= 4 is 0 Å². The van der Waals surface area contributed by atoms with Crippen LogP contribution in [0.25, 0.3) is 0 Å². The van der Waals surface area contributed by atoms with Gasteiger partial charge in [0.05, 0.1) is 13.5 Å². The van der Waals surface area contributed by atoms with Gasteiger partial charge in [0.15, 0.2) is 0 Å². The maximum absolute atomic E-state index is 8.95. The molecule has 5 nitrogen and oxygen atoms in total. The molecule has 0 fully saturated rings. The second-order valence-corrected chi connectivity index (χ2v) is 1.86. The predicted octanol–water partition coefficient (Wildman–Crippen LogP) is -2.11. The van der Waals surface area contributed by atoms with Crippen LogP contribution in [0.5, 0.6) is 0 Å². The molecule has 0 aromatic heterocycles. The van der Waals surface area contributed by atoms with Crippen molar-refractivity contribution in [2.75, 3.05) is 20.1 Å². The quantitative estimate of drug-likeness (QED) is 0.338. The molecule has 0 aliphatic heterocycles. The fourth-order valence-electron chi connectivity index (χ4n) is 0.531. The Labute approximate surface area is 59.1 Å². The van der Waals surface area contributed by atoms with Crippen LogP contribution in [0, 0.1) is 0 Å². The Morgan fingerprint density at radius 3 is 1.90 bits per heavy atom. The highest BCUT2D eigenvalue weighted by Gasteiger charge is 2.11. The third kappa shape index (κ3) is 3.09. The molecular weight excluding hydrogens is 138 g/mol. The first-order valence-electron chi connectivity index (χ1n) is 3.01. The topological polar surface area (TPSA) is 84.2 Å². The van der Waals surface area contributed by atoms with Gasteiger partial charge in [-0.2, -0.15) is 0 Å². The molecular formula is C5H13NO4. The molecule has 0 aromatic rings. The van der Waals surface area contributed by atoms with Crippen LogP contribution in [0.3, 0.4) is 0 Å². The minimum Gasteiger partial charge on any atom is -0.396 e. The second-order valence-electron chi connectivity index (χ2n) is 1.86. The molecule has 5 heteroatoms. The molecule has 4 N–H and O–H groups in total. The Morgan fingerprint density at radius 1 is 1.10 bits per heavy atom. The van der Waals surface area contributed by atoms with E-state index in [0.29, 0.717) is 0 Å². The van der Waals surface area contributed by atoms with E-state index in [2.05, 4.69) is 0 Å². The van der Waals surface area contributed by atoms with Gasteiger partial charge in [0.25, 0.3) is 0 Å². The van der Waals surface area contributed by atoms with Gasteiger partial charge in [-0.05, 0) is 0 Å². The lowest BCUT2D eigenvalue weighted by atomic mass is 10.4. The van der Waals surface area contributed by atoms with Crippen molar-refractivity contribution in [1.82, 2.24) is 4.90 Å². The van der Waals surface area contributed by atoms with E-state index < -0.39 is 19.7 Å². The third-order valence-corrected chi connectivity index (χ3v) is 1.17. The molecule has 0 bridgehead atoms. The highest BCUT2D eigenvalue weighted by atomic mass is 16.3. The molecule has 0 saturated heterocycles. The molecule has 0 aliphatic rings. The van der Waals surface area contributed by atoms with Crippen LogP contribution in [-0.2, 0) is 0 Å². The summed E-state index contributed by atoms with van der Waals surface area (Å²) in [5.74, 6) is 0. The van der Waals surface area contributed by atoms with E-state index >= 15 is 0 Å². The smallest absolute Gasteiger partial charge is 0.113 e. The molecule has 62 valence electrons. The van der Waals surface area contributed by atoms with Crippen molar-refractivity contribution < 1.29 is 20.4 Å². The van der Waals surface area contributed by atoms with E-state index in [-0.39, 0.29) is 13.0 Å². The minimum absolute atomic E-state index is 0.126. The van der Waals surface area contributed by atoms with Gasteiger partial charge in [0, 0.05) is 13.0 Å². The normalized spacial score (nSPS) is 14.1. The number of hydrogen-bond acceptors (Lipinski definition) is 5. The average molecular weight is 151 g/mol. The summed E-state index contributed by atoms with van der Waals surface area (Å²) in [5.41, 5.74) is 0. The lowest BCUT2D eigenvalue weighted by molar-refractivity contribution is -0.0950. The van der Waals surface area contributed by atoms with E-state index in [4.69, 9.17) is 20.4 Å². The van der Waals surface area contributed by atoms with Crippen molar-refractivity contribution in [2.24, 2.45) is 0 Å². The minimum atomic E-state index is -0.972. The number of aliphatic hydroxyl groups is 4. The molecule has 0 saturated carbocycles. The van der Waals surface area contributed by atoms with E-state index in [1.54, 1.807) is 0 Å². The monoisotopic (exact) mass is 151 g/mol. The predicted molar refractivity (Wildman–Crippen MR) is 33.7 cm³/mol. The summed E-state index contributed by atoms with van der Waals surface area (Å²) in [7, 11) is 0. The highest BCUT2D eigenvalue weighted by Crippen LogP contribution is 1.96. The number of hydrogen-bond donors (Lipinski definition) is 4. The summed E-state index contributed by atoms with van der Waals surface area (Å²) in [6, 6.07) is 0. The Bertz CT molecular complexity index is 76.0. The number of nitrogens with zero attached hydrogens (tertiary/aromatic N) is 1. The van der Waals surface area contributed by atoms with Gasteiger partial charge >= 0.3 is 0 Å². The first-order valence-corrected chi connectivity index (χ1v) is 3.01. The Balaban J connectivity index is 3.53. The van der Waals surface area contributed by atoms with Crippen LogP contribution < -0.4 is 0 Å². The van der Waals surface area contributed by atoms with Crippen molar-refractivity contribution in [2.45, 2.75) is 12.6 Å². The van der Waals surface area contributed by atoms with Crippen LogP contribution in [0.2, 0.25) is 0 Å². The van der Waals surface area contributed by atoms with Crippen molar-refractivity contribution in [1.29, 1.82) is 0 Å². The zero-order valence-corrected chi connectivity index (χ0v) is 5.64. The number of aliphatic hydroxyl groups excluding tert-OH is 4. The summed E-state index contributed by atoms with van der Waals surface area (Å²) in [4.78, 5) is 1.01. The van der Waals surface area contributed by atoms with Crippen molar-refractivity contribution in [3.63, 3.8) is 0 Å². The van der Waals surface area contributed by atoms with Gasteiger partial charge in [-0.1, -0.05) is 0 Å². The fourth-order valence-corrected chi connectivity index (χ4v) is 0.531. The van der Waals surface area contributed by atoms with Gasteiger partial charge < -0.3 is 20.4 Å². The van der Waals surface area contributed by atoms with Gasteiger partial charge in [-0.3, -0.25) is 0 Å². The second kappa shape index (κ2) is 5.57. The third-order valence-electron chi connectivity index (χ3n) is 1.17. The first-order chi connectivity index (χ1) is 4.76. The van der Waals surface area contributed by atoms with Crippen molar-refractivity contribution in [3.05, 3.63) is 0 Å². The number of rotatable bonds is 5. The van der Waals surface area contributed by atoms with E-state index in [9.17, 15) is 0 Å². The summed E-state index contributed by atoms with van der Waals surface area (Å²) >= 11 is 0. The molecule has 1 atom stereocenters. The summed E-state index contributed by atoms with van der Waals surface area (Å²) in [6.07, 6.45) is -0.846. The molecule has 0 amide bonds. The van der Waals surface area contributed by atoms with Gasteiger partial charge in [0.1, 0.15) is 6.23 Å². The van der Waals surface area contributed by atoms with Gasteiger partial charge in [-0.15, -0.1) is 0 Å². The maximum atomic E-state index is 8.95. The van der Waals surface area contributed by atoms with Gasteiger partial charge in [-0.25, -0.2) is 4.90 Å². The Hall–Kier alpha value is -0.200. The van der Waals surface area contributed by atoms with E-state index in [1.807, 2.05) is 0 Å². The summed E-state index contributed by atoms with van der Waals surface area (Å²) < 4.78 is 0. The highest BCUT2D eigenvalue weighted by molar-refractivity contribution is 4.51. The molecule has 0 aromatic carbocycles. The van der Waals surface area contributed by atoms with Crippen LogP contribution >= 0.6 is 0 Å². The lowest BCUT2D eigenvalue weighted by Gasteiger charge is -2.21. The SMILES string of the molecule is OCCC(O)N(CO)CO. The van der Waals surface area contributed by atoms with Crippen LogP contribution in [0.1, 0.15) is 6.42 Å². The molecule has 0 aliphatic carbocycles. The standard InChI is InChI=1S/C5H13NO4/c7-2-1-5(10)6(3-8)4-9/h5,7-10H,1-4H2. The zero-order chi connectivity index (χ0) is 7.98. The fraction of sp³-hybridized carbons (Fsp3) is 1.00. The molecule has 10 heavy (non-hydrogen) atoms. The van der Waals surface area contributed by atoms with Crippen LogP contribution in [0.15, 0.2) is 0 Å².